The van der Waals surface area contributed by atoms with Gasteiger partial charge in [-0.2, -0.15) is 0 Å². The molecular formula is C24H31NO7. The number of benzene rings is 1. The smallest absolute Gasteiger partial charge is 0.303 e. The number of aromatic hydroxyl groups is 1. The summed E-state index contributed by atoms with van der Waals surface area (Å²) in [5.41, 5.74) is 0.742. The number of likely N-dealkylation sites (tertiary alicyclic amines) is 1. The van der Waals surface area contributed by atoms with Gasteiger partial charge in [0.15, 0.2) is 5.79 Å². The molecule has 2 heterocycles. The highest BCUT2D eigenvalue weighted by molar-refractivity contribution is 6.05. The molecule has 1 aromatic carbocycles. The first-order valence-corrected chi connectivity index (χ1v) is 11.5. The third-order valence-corrected chi connectivity index (χ3v) is 7.46. The molecule has 2 amide bonds. The molecule has 0 bridgehead atoms. The number of carbonyl (C=O) groups is 3. The second-order valence-electron chi connectivity index (χ2n) is 9.30. The van der Waals surface area contributed by atoms with Crippen LogP contribution in [0, 0.1) is 23.7 Å². The molecule has 1 aliphatic carbocycles. The Balaban J connectivity index is 1.52. The van der Waals surface area contributed by atoms with Crippen molar-refractivity contribution in [2.24, 2.45) is 23.7 Å². The molecule has 2 saturated heterocycles. The summed E-state index contributed by atoms with van der Waals surface area (Å²) in [6.07, 6.45) is 2.76. The average Bonchev–Trinajstić information content (AvgIpc) is 3.22. The van der Waals surface area contributed by atoms with Crippen molar-refractivity contribution in [3.63, 3.8) is 0 Å². The molecule has 0 radical (unpaired) electrons. The zero-order chi connectivity index (χ0) is 23.0. The van der Waals surface area contributed by atoms with Crippen molar-refractivity contribution in [2.45, 2.75) is 63.8 Å². The first-order chi connectivity index (χ1) is 15.3. The summed E-state index contributed by atoms with van der Waals surface area (Å²) in [5.74, 6) is -4.48. The first kappa shape index (κ1) is 22.7. The van der Waals surface area contributed by atoms with Gasteiger partial charge >= 0.3 is 5.97 Å². The van der Waals surface area contributed by atoms with Gasteiger partial charge in [-0.15, -0.1) is 0 Å². The minimum Gasteiger partial charge on any atom is -0.508 e. The molecule has 1 aromatic rings. The molecule has 4 rings (SSSR count). The summed E-state index contributed by atoms with van der Waals surface area (Å²) < 4.78 is 6.17. The van der Waals surface area contributed by atoms with E-state index in [4.69, 9.17) is 9.84 Å². The number of carbonyl (C=O) groups excluding carboxylic acids is 2. The number of phenolic OH excluding ortho intramolecular Hbond substituents is 1. The number of hydrogen-bond acceptors (Lipinski definition) is 6. The minimum absolute atomic E-state index is 0.0776. The molecule has 8 heteroatoms. The lowest BCUT2D eigenvalue weighted by atomic mass is 9.64. The van der Waals surface area contributed by atoms with E-state index in [1.165, 1.54) is 4.90 Å². The van der Waals surface area contributed by atoms with E-state index >= 15 is 0 Å². The summed E-state index contributed by atoms with van der Waals surface area (Å²) in [5, 5.41) is 30.2. The number of hydrogen-bond donors (Lipinski definition) is 3. The highest BCUT2D eigenvalue weighted by Gasteiger charge is 2.66. The van der Waals surface area contributed by atoms with Crippen LogP contribution < -0.4 is 0 Å². The van der Waals surface area contributed by atoms with Crippen molar-refractivity contribution in [2.75, 3.05) is 6.54 Å². The molecule has 3 fully saturated rings. The number of unbranched alkanes of at least 4 members (excludes halogenated alkanes) is 2. The van der Waals surface area contributed by atoms with E-state index < -0.39 is 35.6 Å². The van der Waals surface area contributed by atoms with Gasteiger partial charge in [-0.05, 0) is 49.8 Å². The Morgan fingerprint density at radius 1 is 1.19 bits per heavy atom. The highest BCUT2D eigenvalue weighted by Crippen LogP contribution is 2.58. The van der Waals surface area contributed by atoms with E-state index in [0.29, 0.717) is 38.5 Å². The fourth-order valence-corrected chi connectivity index (χ4v) is 5.89. The molecule has 2 aliphatic heterocycles. The highest BCUT2D eigenvalue weighted by atomic mass is 16.6. The van der Waals surface area contributed by atoms with E-state index in [0.717, 1.165) is 5.56 Å². The van der Waals surface area contributed by atoms with Gasteiger partial charge in [-0.3, -0.25) is 19.3 Å². The van der Waals surface area contributed by atoms with Crippen LogP contribution in [-0.4, -0.2) is 50.3 Å². The van der Waals surface area contributed by atoms with Crippen LogP contribution >= 0.6 is 0 Å². The molecule has 32 heavy (non-hydrogen) atoms. The quantitative estimate of drug-likeness (QED) is 0.415. The largest absolute Gasteiger partial charge is 0.508 e. The predicted molar refractivity (Wildman–Crippen MR) is 113 cm³/mol. The van der Waals surface area contributed by atoms with E-state index in [1.54, 1.807) is 18.2 Å². The SMILES string of the molecule is CC[C@H]1C[C@@H]2C(=O)N(CCCCCC(=O)O)C(=O)[C@@H]2[C@@H]2C[C@@H](c3cccc(O)c3)O[C@]12O. The molecular weight excluding hydrogens is 414 g/mol. The number of carboxylic acid groups (broad SMARTS) is 1. The average molecular weight is 446 g/mol. The Morgan fingerprint density at radius 3 is 2.66 bits per heavy atom. The second-order valence-corrected chi connectivity index (χ2v) is 9.30. The number of ether oxygens (including phenoxy) is 1. The molecule has 1 saturated carbocycles. The number of imide groups is 1. The molecule has 0 aromatic heterocycles. The third-order valence-electron chi connectivity index (χ3n) is 7.46. The van der Waals surface area contributed by atoms with Crippen LogP contribution in [0.2, 0.25) is 0 Å². The van der Waals surface area contributed by atoms with Crippen LogP contribution in [0.4, 0.5) is 0 Å². The molecule has 8 nitrogen and oxygen atoms in total. The molecule has 6 atom stereocenters. The molecule has 0 spiro atoms. The molecule has 0 unspecified atom stereocenters. The van der Waals surface area contributed by atoms with Gasteiger partial charge in [-0.25, -0.2) is 0 Å². The number of fused-ring (bicyclic) bond motifs is 3. The molecule has 3 N–H and O–H groups in total. The van der Waals surface area contributed by atoms with Gasteiger partial charge in [0.25, 0.3) is 0 Å². The zero-order valence-corrected chi connectivity index (χ0v) is 18.3. The summed E-state index contributed by atoms with van der Waals surface area (Å²) in [6.45, 7) is 2.23. The maximum atomic E-state index is 13.3. The zero-order valence-electron chi connectivity index (χ0n) is 18.3. The maximum absolute atomic E-state index is 13.3. The minimum atomic E-state index is -1.49. The lowest BCUT2D eigenvalue weighted by Crippen LogP contribution is -2.53. The summed E-state index contributed by atoms with van der Waals surface area (Å²) >= 11 is 0. The number of nitrogens with zero attached hydrogens (tertiary/aromatic N) is 1. The van der Waals surface area contributed by atoms with Crippen molar-refractivity contribution in [3.05, 3.63) is 29.8 Å². The maximum Gasteiger partial charge on any atom is 0.303 e. The molecule has 3 aliphatic rings. The fraction of sp³-hybridized carbons (Fsp3) is 0.625. The van der Waals surface area contributed by atoms with Gasteiger partial charge < -0.3 is 20.1 Å². The topological polar surface area (TPSA) is 124 Å². The second kappa shape index (κ2) is 8.83. The molecule has 174 valence electrons. The van der Waals surface area contributed by atoms with Gasteiger partial charge in [0.1, 0.15) is 5.75 Å². The van der Waals surface area contributed by atoms with Crippen LogP contribution in [0.15, 0.2) is 24.3 Å². The lowest BCUT2D eigenvalue weighted by Gasteiger charge is -2.44. The van der Waals surface area contributed by atoms with Crippen LogP contribution in [-0.2, 0) is 19.1 Å². The van der Waals surface area contributed by atoms with Crippen molar-refractivity contribution in [1.82, 2.24) is 4.90 Å². The van der Waals surface area contributed by atoms with Gasteiger partial charge in [0, 0.05) is 24.8 Å². The Morgan fingerprint density at radius 2 is 1.97 bits per heavy atom. The first-order valence-electron chi connectivity index (χ1n) is 11.5. The number of carboxylic acids is 1. The normalized spacial score (nSPS) is 33.9. The van der Waals surface area contributed by atoms with Gasteiger partial charge in [0.05, 0.1) is 17.9 Å². The summed E-state index contributed by atoms with van der Waals surface area (Å²) in [4.78, 5) is 38.4. The van der Waals surface area contributed by atoms with E-state index in [2.05, 4.69) is 0 Å². The summed E-state index contributed by atoms with van der Waals surface area (Å²) in [7, 11) is 0. The standard InChI is InChI=1S/C24H31NO7/c1-2-15-12-17-21(23(30)25(22(17)29)10-5-3-4-9-20(27)28)18-13-19(32-24(15,18)31)14-7-6-8-16(26)11-14/h6-8,11,15,17-19,21,26,31H,2-5,9-10,12-13H2,1H3,(H,27,28)/t15-,17-,18-,19-,21-,24+/m0/s1. The van der Waals surface area contributed by atoms with E-state index in [-0.39, 0.29) is 36.4 Å². The van der Waals surface area contributed by atoms with Crippen LogP contribution in [0.5, 0.6) is 5.75 Å². The van der Waals surface area contributed by atoms with Crippen LogP contribution in [0.25, 0.3) is 0 Å². The van der Waals surface area contributed by atoms with Crippen molar-refractivity contribution in [1.29, 1.82) is 0 Å². The summed E-state index contributed by atoms with van der Waals surface area (Å²) in [6, 6.07) is 6.72. The van der Waals surface area contributed by atoms with Gasteiger partial charge in [0.2, 0.25) is 11.8 Å². The van der Waals surface area contributed by atoms with Crippen molar-refractivity contribution >= 4 is 17.8 Å². The van der Waals surface area contributed by atoms with E-state index in [9.17, 15) is 24.6 Å². The van der Waals surface area contributed by atoms with Crippen molar-refractivity contribution in [3.8, 4) is 5.75 Å². The number of rotatable bonds is 8. The van der Waals surface area contributed by atoms with E-state index in [1.807, 2.05) is 13.0 Å². The Labute approximate surface area is 187 Å². The number of phenols is 1. The third kappa shape index (κ3) is 3.90. The van der Waals surface area contributed by atoms with Gasteiger partial charge in [-0.1, -0.05) is 25.5 Å². The predicted octanol–water partition coefficient (Wildman–Crippen LogP) is 2.83. The Kier molecular flexibility index (Phi) is 6.27. The van der Waals surface area contributed by atoms with Crippen LogP contribution in [0.1, 0.15) is 63.5 Å². The monoisotopic (exact) mass is 445 g/mol. The Bertz CT molecular complexity index is 902. The number of aliphatic carboxylic acids is 1. The van der Waals surface area contributed by atoms with Crippen molar-refractivity contribution < 1.29 is 34.4 Å². The number of amides is 2. The van der Waals surface area contributed by atoms with Crippen LogP contribution in [0.3, 0.4) is 0 Å². The fourth-order valence-electron chi connectivity index (χ4n) is 5.89. The lowest BCUT2D eigenvalue weighted by molar-refractivity contribution is -0.269. The number of aliphatic hydroxyl groups is 1. The Hall–Kier alpha value is -2.45.